The van der Waals surface area contributed by atoms with E-state index in [-0.39, 0.29) is 17.7 Å². The van der Waals surface area contributed by atoms with Crippen molar-refractivity contribution in [2.75, 3.05) is 39.3 Å². The first-order valence-electron chi connectivity index (χ1n) is 9.27. The van der Waals surface area contributed by atoms with Crippen molar-refractivity contribution in [3.63, 3.8) is 0 Å². The number of piperidine rings is 2. The molecule has 0 radical (unpaired) electrons. The van der Waals surface area contributed by atoms with Gasteiger partial charge in [0.05, 0.1) is 6.54 Å². The number of nitrogens with zero attached hydrogens (tertiary/aromatic N) is 2. The maximum Gasteiger partial charge on any atom is 0.236 e. The Hall–Kier alpha value is -1.10. The van der Waals surface area contributed by atoms with E-state index in [0.29, 0.717) is 18.4 Å². The zero-order valence-electron chi connectivity index (χ0n) is 15.0. The van der Waals surface area contributed by atoms with E-state index >= 15 is 0 Å². The van der Waals surface area contributed by atoms with Crippen molar-refractivity contribution in [1.29, 1.82) is 0 Å². The van der Waals surface area contributed by atoms with Crippen molar-refractivity contribution in [1.82, 2.24) is 15.1 Å². The van der Waals surface area contributed by atoms with Gasteiger partial charge in [0.25, 0.3) is 0 Å². The van der Waals surface area contributed by atoms with Gasteiger partial charge >= 0.3 is 0 Å². The van der Waals surface area contributed by atoms with Crippen LogP contribution in [0.5, 0.6) is 0 Å². The summed E-state index contributed by atoms with van der Waals surface area (Å²) in [7, 11) is 0. The standard InChI is InChI=1S/C18H33N3O2/c1-4-7-19-18(23)16-5-8-20(9-6-16)13-17(22)21-11-14(2)10-15(3)12-21/h14-16H,4-13H2,1-3H3,(H,19,23). The van der Waals surface area contributed by atoms with Gasteiger partial charge in [-0.05, 0) is 50.6 Å². The van der Waals surface area contributed by atoms with Gasteiger partial charge in [0.1, 0.15) is 0 Å². The van der Waals surface area contributed by atoms with Gasteiger partial charge in [0.15, 0.2) is 0 Å². The summed E-state index contributed by atoms with van der Waals surface area (Å²) in [5, 5.41) is 2.99. The lowest BCUT2D eigenvalue weighted by Crippen LogP contribution is -2.49. The molecule has 0 aromatic heterocycles. The summed E-state index contributed by atoms with van der Waals surface area (Å²) < 4.78 is 0. The van der Waals surface area contributed by atoms with Crippen LogP contribution in [0.3, 0.4) is 0 Å². The number of likely N-dealkylation sites (tertiary alicyclic amines) is 2. The summed E-state index contributed by atoms with van der Waals surface area (Å²) in [6, 6.07) is 0. The molecule has 0 aromatic carbocycles. The zero-order chi connectivity index (χ0) is 16.8. The van der Waals surface area contributed by atoms with Crippen LogP contribution >= 0.6 is 0 Å². The normalized spacial score (nSPS) is 27.0. The predicted octanol–water partition coefficient (Wildman–Crippen LogP) is 1.73. The average Bonchev–Trinajstić information content (AvgIpc) is 2.52. The Morgan fingerprint density at radius 3 is 2.26 bits per heavy atom. The predicted molar refractivity (Wildman–Crippen MR) is 92.0 cm³/mol. The Kier molecular flexibility index (Phi) is 6.88. The summed E-state index contributed by atoms with van der Waals surface area (Å²) in [4.78, 5) is 28.8. The van der Waals surface area contributed by atoms with E-state index in [9.17, 15) is 9.59 Å². The van der Waals surface area contributed by atoms with Gasteiger partial charge < -0.3 is 10.2 Å². The van der Waals surface area contributed by atoms with Crippen LogP contribution in [0.4, 0.5) is 0 Å². The van der Waals surface area contributed by atoms with E-state index in [1.807, 2.05) is 4.90 Å². The SMILES string of the molecule is CCCNC(=O)C1CCN(CC(=O)N2CC(C)CC(C)C2)CC1. The van der Waals surface area contributed by atoms with Crippen molar-refractivity contribution >= 4 is 11.8 Å². The maximum absolute atomic E-state index is 12.5. The summed E-state index contributed by atoms with van der Waals surface area (Å²) in [5.41, 5.74) is 0. The van der Waals surface area contributed by atoms with Crippen LogP contribution in [0, 0.1) is 17.8 Å². The highest BCUT2D eigenvalue weighted by Crippen LogP contribution is 2.22. The van der Waals surface area contributed by atoms with Crippen LogP contribution in [-0.4, -0.2) is 60.9 Å². The Balaban J connectivity index is 1.73. The van der Waals surface area contributed by atoms with Gasteiger partial charge in [-0.1, -0.05) is 20.8 Å². The molecular weight excluding hydrogens is 290 g/mol. The van der Waals surface area contributed by atoms with Crippen molar-refractivity contribution < 1.29 is 9.59 Å². The van der Waals surface area contributed by atoms with Crippen molar-refractivity contribution in [2.45, 2.75) is 46.5 Å². The Morgan fingerprint density at radius 2 is 1.70 bits per heavy atom. The van der Waals surface area contributed by atoms with Gasteiger partial charge in [-0.3, -0.25) is 14.5 Å². The molecule has 0 saturated carbocycles. The maximum atomic E-state index is 12.5. The van der Waals surface area contributed by atoms with Crippen LogP contribution in [0.2, 0.25) is 0 Å². The number of rotatable bonds is 5. The van der Waals surface area contributed by atoms with Gasteiger partial charge in [0.2, 0.25) is 11.8 Å². The molecule has 2 saturated heterocycles. The second kappa shape index (κ2) is 8.67. The lowest BCUT2D eigenvalue weighted by Gasteiger charge is -2.37. The molecule has 2 unspecified atom stereocenters. The smallest absolute Gasteiger partial charge is 0.236 e. The zero-order valence-corrected chi connectivity index (χ0v) is 15.0. The third-order valence-electron chi connectivity index (χ3n) is 5.09. The first-order valence-corrected chi connectivity index (χ1v) is 9.27. The molecule has 2 rings (SSSR count). The lowest BCUT2D eigenvalue weighted by atomic mass is 9.92. The minimum atomic E-state index is 0.128. The lowest BCUT2D eigenvalue weighted by molar-refractivity contribution is -0.135. The first kappa shape index (κ1) is 18.2. The topological polar surface area (TPSA) is 52.7 Å². The number of hydrogen-bond acceptors (Lipinski definition) is 3. The number of carbonyl (C=O) groups excluding carboxylic acids is 2. The highest BCUT2D eigenvalue weighted by atomic mass is 16.2. The van der Waals surface area contributed by atoms with E-state index in [4.69, 9.17) is 0 Å². The highest BCUT2D eigenvalue weighted by molar-refractivity contribution is 5.79. The number of carbonyl (C=O) groups is 2. The summed E-state index contributed by atoms with van der Waals surface area (Å²) in [6.07, 6.45) is 3.94. The van der Waals surface area contributed by atoms with E-state index < -0.39 is 0 Å². The fourth-order valence-electron chi connectivity index (χ4n) is 3.90. The van der Waals surface area contributed by atoms with Crippen LogP contribution in [0.25, 0.3) is 0 Å². The van der Waals surface area contributed by atoms with E-state index in [0.717, 1.165) is 52.0 Å². The molecule has 132 valence electrons. The molecule has 1 N–H and O–H groups in total. The molecule has 0 aliphatic carbocycles. The van der Waals surface area contributed by atoms with Crippen LogP contribution < -0.4 is 5.32 Å². The average molecular weight is 323 g/mol. The quantitative estimate of drug-likeness (QED) is 0.838. The Morgan fingerprint density at radius 1 is 1.09 bits per heavy atom. The van der Waals surface area contributed by atoms with E-state index in [1.54, 1.807) is 0 Å². The summed E-state index contributed by atoms with van der Waals surface area (Å²) >= 11 is 0. The van der Waals surface area contributed by atoms with Crippen LogP contribution in [0.15, 0.2) is 0 Å². The van der Waals surface area contributed by atoms with Crippen molar-refractivity contribution in [3.8, 4) is 0 Å². The number of nitrogens with one attached hydrogen (secondary N) is 1. The fourth-order valence-corrected chi connectivity index (χ4v) is 3.90. The molecule has 2 heterocycles. The van der Waals surface area contributed by atoms with Crippen LogP contribution in [-0.2, 0) is 9.59 Å². The number of hydrogen-bond donors (Lipinski definition) is 1. The molecule has 2 aliphatic heterocycles. The monoisotopic (exact) mass is 323 g/mol. The van der Waals surface area contributed by atoms with Gasteiger partial charge in [-0.15, -0.1) is 0 Å². The molecule has 0 bridgehead atoms. The minimum absolute atomic E-state index is 0.128. The minimum Gasteiger partial charge on any atom is -0.356 e. The molecule has 2 aliphatic rings. The molecule has 5 heteroatoms. The highest BCUT2D eigenvalue weighted by Gasteiger charge is 2.29. The second-order valence-corrected chi connectivity index (χ2v) is 7.59. The third kappa shape index (κ3) is 5.48. The van der Waals surface area contributed by atoms with Gasteiger partial charge in [-0.25, -0.2) is 0 Å². The molecule has 2 fully saturated rings. The van der Waals surface area contributed by atoms with Gasteiger partial charge in [-0.2, -0.15) is 0 Å². The first-order chi connectivity index (χ1) is 11.0. The molecule has 2 atom stereocenters. The van der Waals surface area contributed by atoms with E-state index in [2.05, 4.69) is 31.0 Å². The molecule has 0 spiro atoms. The Labute approximate surface area is 140 Å². The summed E-state index contributed by atoms with van der Waals surface area (Å²) in [5.74, 6) is 1.79. The second-order valence-electron chi connectivity index (χ2n) is 7.59. The van der Waals surface area contributed by atoms with Crippen LogP contribution in [0.1, 0.15) is 46.5 Å². The van der Waals surface area contributed by atoms with Gasteiger partial charge in [0, 0.05) is 25.6 Å². The largest absolute Gasteiger partial charge is 0.356 e. The molecule has 2 amide bonds. The molecule has 5 nitrogen and oxygen atoms in total. The third-order valence-corrected chi connectivity index (χ3v) is 5.09. The molecule has 0 aromatic rings. The summed E-state index contributed by atoms with van der Waals surface area (Å²) in [6.45, 7) is 11.3. The number of amides is 2. The molecular formula is C18H33N3O2. The molecule has 23 heavy (non-hydrogen) atoms. The van der Waals surface area contributed by atoms with E-state index in [1.165, 1.54) is 6.42 Å². The van der Waals surface area contributed by atoms with Crippen molar-refractivity contribution in [3.05, 3.63) is 0 Å². The Bertz CT molecular complexity index is 395. The van der Waals surface area contributed by atoms with Crippen molar-refractivity contribution in [2.24, 2.45) is 17.8 Å². The fraction of sp³-hybridized carbons (Fsp3) is 0.889.